The van der Waals surface area contributed by atoms with Crippen LogP contribution < -0.4 is 5.32 Å². The largest absolute Gasteiger partial charge is 0.444 e. The molecule has 0 saturated heterocycles. The van der Waals surface area contributed by atoms with Crippen molar-refractivity contribution in [3.05, 3.63) is 89.7 Å². The van der Waals surface area contributed by atoms with Crippen molar-refractivity contribution in [3.63, 3.8) is 0 Å². The summed E-state index contributed by atoms with van der Waals surface area (Å²) in [5.74, 6) is 0. The lowest BCUT2D eigenvalue weighted by molar-refractivity contribution is 0.0377. The van der Waals surface area contributed by atoms with Gasteiger partial charge < -0.3 is 10.1 Å². The molecule has 0 spiro atoms. The van der Waals surface area contributed by atoms with E-state index in [1.165, 1.54) is 5.56 Å². The van der Waals surface area contributed by atoms with Crippen LogP contribution in [0.3, 0.4) is 0 Å². The smallest absolute Gasteiger partial charge is 0.408 e. The second kappa shape index (κ2) is 9.76. The van der Waals surface area contributed by atoms with Crippen molar-refractivity contribution >= 4 is 11.7 Å². The number of hydrogen-bond acceptors (Lipinski definition) is 4. The van der Waals surface area contributed by atoms with Crippen LogP contribution >= 0.6 is 0 Å². The summed E-state index contributed by atoms with van der Waals surface area (Å²) in [5.41, 5.74) is 5.58. The van der Waals surface area contributed by atoms with Gasteiger partial charge in [-0.25, -0.2) is 14.3 Å². The number of nitrogens with zero attached hydrogens (tertiary/aromatic N) is 3. The van der Waals surface area contributed by atoms with E-state index < -0.39 is 5.60 Å². The van der Waals surface area contributed by atoms with E-state index >= 15 is 0 Å². The normalized spacial score (nSPS) is 14.9. The standard InChI is InChI=1S/C30H34N4O2/c1-29(2,3)36-28(35)33-30(19-9-20-30)24-17-15-23(16-18-24)27-25(34-26(32-27)14-8-21-31-34)13-7-12-22-10-5-4-6-11-22/h4-6,8,10-11,14-18,21H,7,9,12-13,19-20H2,1-3H3,(H,33,35). The maximum absolute atomic E-state index is 12.5. The van der Waals surface area contributed by atoms with Crippen LogP contribution in [-0.4, -0.2) is 26.3 Å². The Bertz CT molecular complexity index is 1330. The van der Waals surface area contributed by atoms with Crippen molar-refractivity contribution in [2.45, 2.75) is 70.4 Å². The van der Waals surface area contributed by atoms with Crippen molar-refractivity contribution in [1.82, 2.24) is 19.9 Å². The van der Waals surface area contributed by atoms with E-state index in [1.807, 2.05) is 43.6 Å². The second-order valence-corrected chi connectivity index (χ2v) is 10.7. The minimum Gasteiger partial charge on any atom is -0.444 e. The molecule has 1 amide bonds. The summed E-state index contributed by atoms with van der Waals surface area (Å²) in [6.45, 7) is 5.65. The van der Waals surface area contributed by atoms with Crippen molar-refractivity contribution < 1.29 is 9.53 Å². The van der Waals surface area contributed by atoms with Gasteiger partial charge in [-0.2, -0.15) is 5.10 Å². The summed E-state index contributed by atoms with van der Waals surface area (Å²) >= 11 is 0. The Morgan fingerprint density at radius 1 is 1.00 bits per heavy atom. The molecule has 1 N–H and O–H groups in total. The summed E-state index contributed by atoms with van der Waals surface area (Å²) in [6.07, 6.45) is 7.27. The Hall–Kier alpha value is -3.67. The van der Waals surface area contributed by atoms with E-state index in [0.717, 1.165) is 66.7 Å². The van der Waals surface area contributed by atoms with Crippen molar-refractivity contribution in [2.24, 2.45) is 0 Å². The van der Waals surface area contributed by atoms with Crippen molar-refractivity contribution in [3.8, 4) is 11.3 Å². The Balaban J connectivity index is 1.38. The van der Waals surface area contributed by atoms with Gasteiger partial charge in [0.15, 0.2) is 5.65 Å². The van der Waals surface area contributed by atoms with Crippen LogP contribution in [0.15, 0.2) is 72.9 Å². The molecule has 5 rings (SSSR count). The summed E-state index contributed by atoms with van der Waals surface area (Å²) in [6, 6.07) is 23.0. The summed E-state index contributed by atoms with van der Waals surface area (Å²) in [7, 11) is 0. The number of fused-ring (bicyclic) bond motifs is 1. The number of carbonyl (C=O) groups excluding carboxylic acids is 1. The summed E-state index contributed by atoms with van der Waals surface area (Å²) < 4.78 is 7.50. The van der Waals surface area contributed by atoms with Gasteiger partial charge >= 0.3 is 6.09 Å². The van der Waals surface area contributed by atoms with Crippen LogP contribution in [0.2, 0.25) is 0 Å². The van der Waals surface area contributed by atoms with Gasteiger partial charge in [-0.3, -0.25) is 0 Å². The zero-order chi connectivity index (χ0) is 25.2. The van der Waals surface area contributed by atoms with E-state index in [2.05, 4.69) is 65.0 Å². The van der Waals surface area contributed by atoms with E-state index in [1.54, 1.807) is 0 Å². The third kappa shape index (κ3) is 5.13. The van der Waals surface area contributed by atoms with Gasteiger partial charge in [-0.15, -0.1) is 0 Å². The SMILES string of the molecule is CC(C)(C)OC(=O)NC1(c2ccc(-c3nc4cccnn4c3CCCc3ccccc3)cc2)CCC1. The number of amides is 1. The molecule has 1 fully saturated rings. The number of aromatic nitrogens is 3. The molecule has 0 unspecified atom stereocenters. The first-order valence-corrected chi connectivity index (χ1v) is 12.8. The second-order valence-electron chi connectivity index (χ2n) is 10.7. The molecule has 0 bridgehead atoms. The molecule has 0 radical (unpaired) electrons. The third-order valence-electron chi connectivity index (χ3n) is 6.87. The average molecular weight is 483 g/mol. The molecule has 1 aliphatic carbocycles. The Morgan fingerprint density at radius 3 is 2.42 bits per heavy atom. The molecule has 6 heteroatoms. The zero-order valence-corrected chi connectivity index (χ0v) is 21.3. The minimum absolute atomic E-state index is 0.361. The molecule has 0 atom stereocenters. The number of hydrogen-bond donors (Lipinski definition) is 1. The zero-order valence-electron chi connectivity index (χ0n) is 21.3. The lowest BCUT2D eigenvalue weighted by atomic mass is 9.71. The maximum Gasteiger partial charge on any atom is 0.408 e. The van der Waals surface area contributed by atoms with Gasteiger partial charge in [0.05, 0.1) is 16.9 Å². The molecule has 2 heterocycles. The monoisotopic (exact) mass is 482 g/mol. The summed E-state index contributed by atoms with van der Waals surface area (Å²) in [5, 5.41) is 7.73. The highest BCUT2D eigenvalue weighted by molar-refractivity contribution is 5.70. The van der Waals surface area contributed by atoms with E-state index in [4.69, 9.17) is 9.72 Å². The quantitative estimate of drug-likeness (QED) is 0.327. The van der Waals surface area contributed by atoms with Crippen LogP contribution in [0.4, 0.5) is 4.79 Å². The first kappa shape index (κ1) is 24.0. The third-order valence-corrected chi connectivity index (χ3v) is 6.87. The first-order chi connectivity index (χ1) is 17.3. The molecular formula is C30H34N4O2. The Morgan fingerprint density at radius 2 is 1.75 bits per heavy atom. The number of aryl methyl sites for hydroxylation is 2. The van der Waals surface area contributed by atoms with Gasteiger partial charge in [0.2, 0.25) is 0 Å². The van der Waals surface area contributed by atoms with Crippen LogP contribution in [-0.2, 0) is 23.1 Å². The predicted molar refractivity (Wildman–Crippen MR) is 142 cm³/mol. The molecule has 4 aromatic rings. The topological polar surface area (TPSA) is 68.5 Å². The van der Waals surface area contributed by atoms with Crippen molar-refractivity contribution in [2.75, 3.05) is 0 Å². The van der Waals surface area contributed by atoms with Gasteiger partial charge in [0.1, 0.15) is 5.60 Å². The number of carbonyl (C=O) groups is 1. The van der Waals surface area contributed by atoms with Crippen LogP contribution in [0.5, 0.6) is 0 Å². The molecule has 1 aliphatic rings. The molecule has 0 aliphatic heterocycles. The minimum atomic E-state index is -0.521. The number of alkyl carbamates (subject to hydrolysis) is 1. The number of rotatable bonds is 7. The fourth-order valence-electron chi connectivity index (χ4n) is 4.96. The van der Waals surface area contributed by atoms with Gasteiger partial charge in [-0.1, -0.05) is 54.6 Å². The molecule has 186 valence electrons. The molecule has 36 heavy (non-hydrogen) atoms. The van der Waals surface area contributed by atoms with Crippen LogP contribution in [0, 0.1) is 0 Å². The highest BCUT2D eigenvalue weighted by Crippen LogP contribution is 2.42. The lowest BCUT2D eigenvalue weighted by Crippen LogP contribution is -2.52. The fraction of sp³-hybridized carbons (Fsp3) is 0.367. The summed E-state index contributed by atoms with van der Waals surface area (Å²) in [4.78, 5) is 17.5. The van der Waals surface area contributed by atoms with Crippen molar-refractivity contribution in [1.29, 1.82) is 0 Å². The maximum atomic E-state index is 12.5. The molecule has 2 aromatic carbocycles. The van der Waals surface area contributed by atoms with Crippen LogP contribution in [0.25, 0.3) is 16.9 Å². The van der Waals surface area contributed by atoms with Gasteiger partial charge in [0, 0.05) is 11.8 Å². The first-order valence-electron chi connectivity index (χ1n) is 12.8. The highest BCUT2D eigenvalue weighted by atomic mass is 16.6. The number of nitrogens with one attached hydrogen (secondary N) is 1. The molecule has 6 nitrogen and oxygen atoms in total. The lowest BCUT2D eigenvalue weighted by Gasteiger charge is -2.43. The Kier molecular flexibility index (Phi) is 6.52. The molecule has 1 saturated carbocycles. The molecular weight excluding hydrogens is 448 g/mol. The molecule has 2 aromatic heterocycles. The van der Waals surface area contributed by atoms with E-state index in [-0.39, 0.29) is 11.6 Å². The number of imidazole rings is 1. The van der Waals surface area contributed by atoms with Gasteiger partial charge in [0.25, 0.3) is 0 Å². The number of ether oxygens (including phenoxy) is 1. The highest BCUT2D eigenvalue weighted by Gasteiger charge is 2.41. The fourth-order valence-corrected chi connectivity index (χ4v) is 4.96. The predicted octanol–water partition coefficient (Wildman–Crippen LogP) is 6.48. The van der Waals surface area contributed by atoms with E-state index in [9.17, 15) is 4.79 Å². The number of benzene rings is 2. The van der Waals surface area contributed by atoms with Crippen LogP contribution in [0.1, 0.15) is 63.3 Å². The average Bonchev–Trinajstić information content (AvgIpc) is 3.20. The van der Waals surface area contributed by atoms with E-state index in [0.29, 0.717) is 0 Å². The van der Waals surface area contributed by atoms with Gasteiger partial charge in [-0.05, 0) is 82.6 Å². The Labute approximate surface area is 212 Å².